The molecule has 0 aromatic carbocycles. The van der Waals surface area contributed by atoms with E-state index < -0.39 is 37.1 Å². The highest BCUT2D eigenvalue weighted by Crippen LogP contribution is 2.23. The van der Waals surface area contributed by atoms with Crippen molar-refractivity contribution in [3.8, 4) is 0 Å². The second-order valence-corrected chi connectivity index (χ2v) is 3.09. The van der Waals surface area contributed by atoms with Crippen molar-refractivity contribution in [2.45, 2.75) is 31.5 Å². The van der Waals surface area contributed by atoms with Gasteiger partial charge in [-0.3, -0.25) is 0 Å². The standard InChI is InChI=1S/C7H14O5/c1-3-5(9)6(10)4(2-8)12-7(3)11/h3-11H,2H2,1H3/t3-,4-,5-,6+,7+/m1/s1. The maximum Gasteiger partial charge on any atom is 0.160 e. The fourth-order valence-corrected chi connectivity index (χ4v) is 1.23. The summed E-state index contributed by atoms with van der Waals surface area (Å²) in [5, 5.41) is 36.4. The fourth-order valence-electron chi connectivity index (χ4n) is 1.23. The predicted octanol–water partition coefficient (Wildman–Crippen LogP) is -1.95. The quantitative estimate of drug-likeness (QED) is 0.375. The van der Waals surface area contributed by atoms with E-state index in [1.807, 2.05) is 0 Å². The molecule has 4 N–H and O–H groups in total. The monoisotopic (exact) mass is 178 g/mol. The van der Waals surface area contributed by atoms with Crippen LogP contribution in [0.25, 0.3) is 0 Å². The van der Waals surface area contributed by atoms with Crippen molar-refractivity contribution in [2.75, 3.05) is 6.61 Å². The Labute approximate surface area is 70.2 Å². The molecule has 0 aromatic heterocycles. The van der Waals surface area contributed by atoms with Gasteiger partial charge in [0.2, 0.25) is 0 Å². The first-order valence-electron chi connectivity index (χ1n) is 3.88. The Hall–Kier alpha value is -0.200. The maximum absolute atomic E-state index is 9.32. The molecule has 0 aromatic rings. The summed E-state index contributed by atoms with van der Waals surface area (Å²) < 4.78 is 4.83. The van der Waals surface area contributed by atoms with Gasteiger partial charge in [-0.15, -0.1) is 0 Å². The lowest BCUT2D eigenvalue weighted by Crippen LogP contribution is -2.54. The number of hydrogen-bond donors (Lipinski definition) is 4. The zero-order valence-electron chi connectivity index (χ0n) is 6.79. The molecule has 1 saturated heterocycles. The Morgan fingerprint density at radius 1 is 1.17 bits per heavy atom. The average molecular weight is 178 g/mol. The van der Waals surface area contributed by atoms with Crippen LogP contribution >= 0.6 is 0 Å². The van der Waals surface area contributed by atoms with E-state index in [1.54, 1.807) is 6.92 Å². The van der Waals surface area contributed by atoms with Crippen molar-refractivity contribution in [1.82, 2.24) is 0 Å². The van der Waals surface area contributed by atoms with E-state index in [2.05, 4.69) is 0 Å². The molecule has 1 heterocycles. The van der Waals surface area contributed by atoms with Crippen molar-refractivity contribution >= 4 is 0 Å². The Morgan fingerprint density at radius 3 is 2.25 bits per heavy atom. The van der Waals surface area contributed by atoms with Crippen LogP contribution in [0, 0.1) is 5.92 Å². The molecule has 72 valence electrons. The molecule has 0 radical (unpaired) electrons. The van der Waals surface area contributed by atoms with Crippen molar-refractivity contribution < 1.29 is 25.2 Å². The summed E-state index contributed by atoms with van der Waals surface area (Å²) in [6, 6.07) is 0. The van der Waals surface area contributed by atoms with Crippen LogP contribution in [0.15, 0.2) is 0 Å². The number of ether oxygens (including phenoxy) is 1. The lowest BCUT2D eigenvalue weighted by Gasteiger charge is -2.38. The van der Waals surface area contributed by atoms with Crippen LogP contribution in [0.5, 0.6) is 0 Å². The van der Waals surface area contributed by atoms with Gasteiger partial charge in [-0.1, -0.05) is 6.92 Å². The molecule has 5 nitrogen and oxygen atoms in total. The molecule has 0 aliphatic carbocycles. The van der Waals surface area contributed by atoms with E-state index >= 15 is 0 Å². The van der Waals surface area contributed by atoms with Crippen LogP contribution in [0.2, 0.25) is 0 Å². The average Bonchev–Trinajstić information content (AvgIpc) is 2.08. The van der Waals surface area contributed by atoms with Gasteiger partial charge in [-0.05, 0) is 0 Å². The molecular weight excluding hydrogens is 164 g/mol. The molecule has 1 aliphatic heterocycles. The summed E-state index contributed by atoms with van der Waals surface area (Å²) in [7, 11) is 0. The van der Waals surface area contributed by atoms with Gasteiger partial charge in [0, 0.05) is 5.92 Å². The zero-order valence-corrected chi connectivity index (χ0v) is 6.79. The van der Waals surface area contributed by atoms with Gasteiger partial charge < -0.3 is 25.2 Å². The SMILES string of the molecule is C[C@@H]1[C@@H](O)[C@@H](O)[C@@H](CO)O[C@@H]1O. The summed E-state index contributed by atoms with van der Waals surface area (Å²) >= 11 is 0. The van der Waals surface area contributed by atoms with E-state index in [-0.39, 0.29) is 0 Å². The van der Waals surface area contributed by atoms with Gasteiger partial charge in [0.1, 0.15) is 12.2 Å². The molecule has 0 saturated carbocycles. The highest BCUT2D eigenvalue weighted by Gasteiger charge is 2.40. The summed E-state index contributed by atoms with van der Waals surface area (Å²) in [6.07, 6.45) is -4.20. The number of rotatable bonds is 1. The van der Waals surface area contributed by atoms with Gasteiger partial charge in [0.25, 0.3) is 0 Å². The lowest BCUT2D eigenvalue weighted by atomic mass is 9.93. The molecule has 1 aliphatic rings. The van der Waals surface area contributed by atoms with Crippen LogP contribution in [0.3, 0.4) is 0 Å². The summed E-state index contributed by atoms with van der Waals surface area (Å²) in [5.41, 5.74) is 0. The molecule has 5 heteroatoms. The molecule has 0 amide bonds. The largest absolute Gasteiger partial charge is 0.394 e. The molecule has 12 heavy (non-hydrogen) atoms. The number of aliphatic hydroxyl groups excluding tert-OH is 4. The van der Waals surface area contributed by atoms with E-state index in [0.29, 0.717) is 0 Å². The van der Waals surface area contributed by atoms with Gasteiger partial charge in [0.15, 0.2) is 6.29 Å². The molecule has 0 unspecified atom stereocenters. The summed E-state index contributed by atoms with van der Waals surface area (Å²) in [5.74, 6) is -0.539. The Morgan fingerprint density at radius 2 is 1.75 bits per heavy atom. The van der Waals surface area contributed by atoms with Crippen LogP contribution in [-0.4, -0.2) is 51.6 Å². The molecule has 1 fully saturated rings. The minimum absolute atomic E-state index is 0.415. The highest BCUT2D eigenvalue weighted by atomic mass is 16.6. The minimum Gasteiger partial charge on any atom is -0.394 e. The lowest BCUT2D eigenvalue weighted by molar-refractivity contribution is -0.266. The summed E-state index contributed by atoms with van der Waals surface area (Å²) in [6.45, 7) is 1.15. The Balaban J connectivity index is 2.63. The zero-order chi connectivity index (χ0) is 9.30. The third kappa shape index (κ3) is 1.60. The normalized spacial score (nSPS) is 49.2. The third-order valence-corrected chi connectivity index (χ3v) is 2.21. The van der Waals surface area contributed by atoms with Crippen LogP contribution in [0.4, 0.5) is 0 Å². The maximum atomic E-state index is 9.32. The third-order valence-electron chi connectivity index (χ3n) is 2.21. The van der Waals surface area contributed by atoms with Gasteiger partial charge in [0.05, 0.1) is 12.7 Å². The Bertz CT molecular complexity index is 146. The minimum atomic E-state index is -1.13. The molecule has 5 atom stereocenters. The predicted molar refractivity (Wildman–Crippen MR) is 39.1 cm³/mol. The van der Waals surface area contributed by atoms with Gasteiger partial charge >= 0.3 is 0 Å². The first kappa shape index (κ1) is 9.88. The molecule has 0 spiro atoms. The second kappa shape index (κ2) is 3.68. The van der Waals surface area contributed by atoms with Crippen molar-refractivity contribution in [2.24, 2.45) is 5.92 Å². The van der Waals surface area contributed by atoms with E-state index in [1.165, 1.54) is 0 Å². The van der Waals surface area contributed by atoms with Gasteiger partial charge in [-0.2, -0.15) is 0 Å². The molecular formula is C7H14O5. The van der Waals surface area contributed by atoms with Crippen molar-refractivity contribution in [3.05, 3.63) is 0 Å². The van der Waals surface area contributed by atoms with Crippen molar-refractivity contribution in [1.29, 1.82) is 0 Å². The van der Waals surface area contributed by atoms with E-state index in [9.17, 15) is 10.2 Å². The highest BCUT2D eigenvalue weighted by molar-refractivity contribution is 4.86. The molecule has 0 bridgehead atoms. The van der Waals surface area contributed by atoms with E-state index in [4.69, 9.17) is 14.9 Å². The number of aliphatic hydroxyl groups is 4. The van der Waals surface area contributed by atoms with Crippen molar-refractivity contribution in [3.63, 3.8) is 0 Å². The smallest absolute Gasteiger partial charge is 0.160 e. The Kier molecular flexibility index (Phi) is 3.03. The topological polar surface area (TPSA) is 90.2 Å². The first-order valence-corrected chi connectivity index (χ1v) is 3.88. The van der Waals surface area contributed by atoms with Crippen LogP contribution < -0.4 is 0 Å². The van der Waals surface area contributed by atoms with Crippen LogP contribution in [0.1, 0.15) is 6.92 Å². The van der Waals surface area contributed by atoms with Crippen LogP contribution in [-0.2, 0) is 4.74 Å². The second-order valence-electron chi connectivity index (χ2n) is 3.09. The first-order chi connectivity index (χ1) is 5.57. The fraction of sp³-hybridized carbons (Fsp3) is 1.00. The number of hydrogen-bond acceptors (Lipinski definition) is 5. The van der Waals surface area contributed by atoms with E-state index in [0.717, 1.165) is 0 Å². The summed E-state index contributed by atoms with van der Waals surface area (Å²) in [4.78, 5) is 0. The van der Waals surface area contributed by atoms with Gasteiger partial charge in [-0.25, -0.2) is 0 Å². The molecule has 1 rings (SSSR count).